The van der Waals surface area contributed by atoms with Crippen LogP contribution >= 0.6 is 23.2 Å². The zero-order valence-electron chi connectivity index (χ0n) is 22.3. The maximum absolute atomic E-state index is 12.8. The third-order valence-corrected chi connectivity index (χ3v) is 7.34. The molecule has 0 spiro atoms. The molecule has 202 valence electrons. The normalized spacial score (nSPS) is 14.7. The second kappa shape index (κ2) is 14.9. The number of nitrogens with one attached hydrogen (secondary N) is 1. The number of hydrogen-bond donors (Lipinski definition) is 1. The number of esters is 1. The first-order valence-electron chi connectivity index (χ1n) is 13.1. The van der Waals surface area contributed by atoms with Gasteiger partial charge in [0.25, 0.3) is 5.91 Å². The van der Waals surface area contributed by atoms with Crippen molar-refractivity contribution in [3.05, 3.63) is 105 Å². The van der Waals surface area contributed by atoms with Crippen LogP contribution in [0.1, 0.15) is 59.7 Å². The summed E-state index contributed by atoms with van der Waals surface area (Å²) in [6, 6.07) is 22.9. The van der Waals surface area contributed by atoms with Crippen LogP contribution in [0.5, 0.6) is 0 Å². The van der Waals surface area contributed by atoms with E-state index in [1.165, 1.54) is 18.2 Å². The fraction of sp³-hybridized carbons (Fsp3) is 0.355. The van der Waals surface area contributed by atoms with Crippen LogP contribution in [0, 0.1) is 0 Å². The first kappa shape index (κ1) is 29.7. The Morgan fingerprint density at radius 1 is 0.895 bits per heavy atom. The molecule has 1 heterocycles. The molecule has 1 fully saturated rings. The van der Waals surface area contributed by atoms with E-state index >= 15 is 0 Å². The largest absolute Gasteiger partial charge is 0.467 e. The van der Waals surface area contributed by atoms with Crippen LogP contribution < -0.4 is 5.32 Å². The summed E-state index contributed by atoms with van der Waals surface area (Å²) < 4.78 is 4.93. The lowest BCUT2D eigenvalue weighted by molar-refractivity contribution is -0.142. The summed E-state index contributed by atoms with van der Waals surface area (Å²) >= 11 is 12.3. The van der Waals surface area contributed by atoms with E-state index in [4.69, 9.17) is 27.9 Å². The molecule has 1 atom stereocenters. The van der Waals surface area contributed by atoms with Crippen LogP contribution in [0.2, 0.25) is 10.0 Å². The summed E-state index contributed by atoms with van der Waals surface area (Å²) in [5.41, 5.74) is 3.73. The second-order valence-electron chi connectivity index (χ2n) is 9.13. The molecule has 1 aliphatic heterocycles. The molecule has 1 aliphatic rings. The molecule has 1 unspecified atom stereocenters. The Morgan fingerprint density at radius 3 is 2.08 bits per heavy atom. The molecular formula is C31H36Cl2N2O3. The highest BCUT2D eigenvalue weighted by Crippen LogP contribution is 2.29. The summed E-state index contributed by atoms with van der Waals surface area (Å²) in [6.45, 7) is 7.14. The quantitative estimate of drug-likeness (QED) is 0.307. The number of ether oxygens (including phenoxy) is 1. The molecule has 1 saturated heterocycles. The van der Waals surface area contributed by atoms with Gasteiger partial charge in [-0.3, -0.25) is 9.69 Å². The Balaban J connectivity index is 0.00000195. The number of amides is 1. The van der Waals surface area contributed by atoms with Crippen LogP contribution in [-0.2, 0) is 22.5 Å². The molecule has 3 aromatic carbocycles. The maximum atomic E-state index is 12.8. The van der Waals surface area contributed by atoms with Crippen LogP contribution in [-0.4, -0.2) is 43.0 Å². The molecule has 0 aliphatic carbocycles. The maximum Gasteiger partial charge on any atom is 0.328 e. The van der Waals surface area contributed by atoms with Crippen molar-refractivity contribution in [2.24, 2.45) is 0 Å². The summed E-state index contributed by atoms with van der Waals surface area (Å²) in [5.74, 6) is -0.522. The van der Waals surface area contributed by atoms with Gasteiger partial charge in [0.05, 0.1) is 22.7 Å². The van der Waals surface area contributed by atoms with E-state index in [1.807, 2.05) is 26.0 Å². The number of benzene rings is 3. The van der Waals surface area contributed by atoms with Crippen molar-refractivity contribution in [1.82, 2.24) is 10.2 Å². The number of carbonyl (C=O) groups is 2. The number of nitrogens with zero attached hydrogens (tertiary/aromatic N) is 1. The van der Waals surface area contributed by atoms with E-state index in [0.717, 1.165) is 38.0 Å². The van der Waals surface area contributed by atoms with Crippen molar-refractivity contribution in [1.29, 1.82) is 0 Å². The van der Waals surface area contributed by atoms with Crippen LogP contribution in [0.25, 0.3) is 0 Å². The molecule has 5 nitrogen and oxygen atoms in total. The summed E-state index contributed by atoms with van der Waals surface area (Å²) in [6.07, 6.45) is 2.54. The molecule has 0 aromatic heterocycles. The molecule has 0 radical (unpaired) electrons. The summed E-state index contributed by atoms with van der Waals surface area (Å²) in [7, 11) is 1.30. The molecule has 3 aromatic rings. The van der Waals surface area contributed by atoms with Gasteiger partial charge < -0.3 is 10.1 Å². The number of carbonyl (C=O) groups excluding carboxylic acids is 2. The van der Waals surface area contributed by atoms with E-state index in [-0.39, 0.29) is 15.6 Å². The van der Waals surface area contributed by atoms with E-state index in [1.54, 1.807) is 18.2 Å². The van der Waals surface area contributed by atoms with Gasteiger partial charge in [0.1, 0.15) is 6.04 Å². The molecule has 7 heteroatoms. The second-order valence-corrected chi connectivity index (χ2v) is 9.94. The fourth-order valence-electron chi connectivity index (χ4n) is 4.71. The van der Waals surface area contributed by atoms with Gasteiger partial charge in [-0.2, -0.15) is 0 Å². The number of halogens is 2. The minimum absolute atomic E-state index is 0.142. The minimum Gasteiger partial charge on any atom is -0.467 e. The molecule has 38 heavy (non-hydrogen) atoms. The van der Waals surface area contributed by atoms with Crippen molar-refractivity contribution in [2.75, 3.05) is 20.2 Å². The highest BCUT2D eigenvalue weighted by atomic mass is 35.5. The third kappa shape index (κ3) is 8.07. The fourth-order valence-corrected chi connectivity index (χ4v) is 5.28. The monoisotopic (exact) mass is 554 g/mol. The van der Waals surface area contributed by atoms with Crippen molar-refractivity contribution >= 4 is 35.1 Å². The Morgan fingerprint density at radius 2 is 1.50 bits per heavy atom. The predicted molar refractivity (Wildman–Crippen MR) is 155 cm³/mol. The highest BCUT2D eigenvalue weighted by molar-refractivity contribution is 6.39. The molecule has 4 rings (SSSR count). The zero-order chi connectivity index (χ0) is 27.5. The number of methoxy groups -OCH3 is 1. The average molecular weight is 556 g/mol. The van der Waals surface area contributed by atoms with Gasteiger partial charge in [0.2, 0.25) is 0 Å². The van der Waals surface area contributed by atoms with E-state index in [9.17, 15) is 9.59 Å². The Kier molecular flexibility index (Phi) is 11.7. The van der Waals surface area contributed by atoms with Gasteiger partial charge in [-0.1, -0.05) is 97.7 Å². The molecule has 0 saturated carbocycles. The predicted octanol–water partition coefficient (Wildman–Crippen LogP) is 6.91. The molecular weight excluding hydrogens is 519 g/mol. The van der Waals surface area contributed by atoms with Gasteiger partial charge in [0, 0.05) is 13.0 Å². The molecule has 0 bridgehead atoms. The van der Waals surface area contributed by atoms with Gasteiger partial charge in [-0.15, -0.1) is 0 Å². The Hall–Kier alpha value is -2.86. The zero-order valence-corrected chi connectivity index (χ0v) is 23.8. The lowest BCUT2D eigenvalue weighted by Crippen LogP contribution is -2.43. The minimum atomic E-state index is -0.859. The third-order valence-electron chi connectivity index (χ3n) is 6.71. The van der Waals surface area contributed by atoms with Crippen molar-refractivity contribution in [3.63, 3.8) is 0 Å². The molecule has 1 amide bonds. The van der Waals surface area contributed by atoms with E-state index in [0.29, 0.717) is 12.3 Å². The number of hydrogen-bond acceptors (Lipinski definition) is 4. The summed E-state index contributed by atoms with van der Waals surface area (Å²) in [4.78, 5) is 27.7. The highest BCUT2D eigenvalue weighted by Gasteiger charge is 2.25. The molecule has 1 N–H and O–H groups in total. The smallest absolute Gasteiger partial charge is 0.328 e. The Bertz CT molecular complexity index is 1160. The van der Waals surface area contributed by atoms with Crippen molar-refractivity contribution < 1.29 is 14.3 Å². The first-order chi connectivity index (χ1) is 18.4. The van der Waals surface area contributed by atoms with Crippen LogP contribution in [0.15, 0.2) is 72.8 Å². The van der Waals surface area contributed by atoms with Crippen molar-refractivity contribution in [2.45, 2.75) is 51.6 Å². The average Bonchev–Trinajstić information content (AvgIpc) is 2.95. The Labute approximate surface area is 236 Å². The number of piperidine rings is 1. The van der Waals surface area contributed by atoms with Crippen LogP contribution in [0.4, 0.5) is 0 Å². The van der Waals surface area contributed by atoms with Gasteiger partial charge in [-0.05, 0) is 60.7 Å². The SMILES string of the molecule is CC.COC(=O)C(Cc1ccc(C2CCN(Cc3ccccc3)CC2)cc1)NC(=O)c1c(Cl)cccc1Cl. The van der Waals surface area contributed by atoms with Crippen LogP contribution in [0.3, 0.4) is 0 Å². The summed E-state index contributed by atoms with van der Waals surface area (Å²) in [5, 5.41) is 3.18. The lowest BCUT2D eigenvalue weighted by atomic mass is 9.88. The van der Waals surface area contributed by atoms with Gasteiger partial charge in [-0.25, -0.2) is 4.79 Å². The van der Waals surface area contributed by atoms with E-state index in [2.05, 4.69) is 52.7 Å². The number of rotatable bonds is 8. The first-order valence-corrected chi connectivity index (χ1v) is 13.9. The van der Waals surface area contributed by atoms with E-state index < -0.39 is 17.9 Å². The van der Waals surface area contributed by atoms with Gasteiger partial charge >= 0.3 is 5.97 Å². The standard InChI is InChI=1S/C29H30Cl2N2O3.C2H6/c1-36-29(35)26(32-28(34)27-24(30)8-5-9-25(27)31)18-20-10-12-22(13-11-20)23-14-16-33(17-15-23)19-21-6-3-2-4-7-21;1-2/h2-13,23,26H,14-19H2,1H3,(H,32,34);1-2H3. The van der Waals surface area contributed by atoms with Gasteiger partial charge in [0.15, 0.2) is 0 Å². The van der Waals surface area contributed by atoms with Crippen molar-refractivity contribution in [3.8, 4) is 0 Å². The topological polar surface area (TPSA) is 58.6 Å². The number of likely N-dealkylation sites (tertiary alicyclic amines) is 1. The lowest BCUT2D eigenvalue weighted by Gasteiger charge is -2.32.